The molecule has 0 saturated carbocycles. The minimum atomic E-state index is -2.42. The van der Waals surface area contributed by atoms with Crippen molar-refractivity contribution in [2.24, 2.45) is 11.8 Å². The molecule has 476 valence electrons. The Morgan fingerprint density at radius 1 is 0.732 bits per heavy atom. The molecule has 1 N–H and O–H groups in total. The van der Waals surface area contributed by atoms with Crippen LogP contribution in [0.5, 0.6) is 0 Å². The molecule has 0 spiro atoms. The predicted octanol–water partition coefficient (Wildman–Crippen LogP) is 15.0. The van der Waals surface area contributed by atoms with Gasteiger partial charge < -0.3 is 51.2 Å². The monoisotopic (exact) mass is 1220 g/mol. The van der Waals surface area contributed by atoms with E-state index < -0.39 is 69.9 Å². The van der Waals surface area contributed by atoms with Crippen LogP contribution in [0, 0.1) is 11.8 Å². The summed E-state index contributed by atoms with van der Waals surface area (Å²) in [6.45, 7) is 63.1. The Kier molecular flexibility index (Phi) is 26.5. The van der Waals surface area contributed by atoms with Gasteiger partial charge in [-0.15, -0.1) is 0 Å². The summed E-state index contributed by atoms with van der Waals surface area (Å²) in [4.78, 5) is 26.7. The average Bonchev–Trinajstić information content (AvgIpc) is 3.70. The highest BCUT2D eigenvalue weighted by Gasteiger charge is 2.55. The van der Waals surface area contributed by atoms with Crippen LogP contribution in [0.2, 0.25) is 72.5 Å². The van der Waals surface area contributed by atoms with Gasteiger partial charge in [0.05, 0.1) is 68.1 Å². The van der Waals surface area contributed by atoms with Gasteiger partial charge in [0.2, 0.25) is 0 Å². The number of hydrogen-bond donors (Lipinski definition) is 1. The Morgan fingerprint density at radius 2 is 1.32 bits per heavy atom. The number of methoxy groups -OCH3 is 1. The molecule has 0 aromatic heterocycles. The largest absolute Gasteiger partial charge is 0.414 e. The number of carbonyl (C=O) groups is 2. The van der Waals surface area contributed by atoms with Crippen LogP contribution in [-0.2, 0) is 55.7 Å². The lowest BCUT2D eigenvalue weighted by atomic mass is 9.82. The van der Waals surface area contributed by atoms with E-state index in [9.17, 15) is 14.7 Å². The normalized spacial score (nSPS) is 29.0. The number of fused-ring (bicyclic) bond motifs is 1. The maximum Gasteiger partial charge on any atom is 0.192 e. The Balaban J connectivity index is 1.60. The number of hydrogen-bond acceptors (Lipinski definition) is 13. The standard InChI is InChI=1S/C65H122O13Si4/c1-27-48(66)28-29-50-37-44(3)54(72-50)32-30-51-36-43(2)45(4)56(73-51)40-57(70-35-34-53(77-81(23,24)64(12,13)14)42-71-79(19,20)62(6,7)8)47(41-69-18)38-49(67)39-52-31-33-55-60(74-52)58(68)61(78-82(25,26)65(15,16)17)59(75-55)46(5)76-80(21,22)63(9,10)11/h27,43,46-47,50-61,68H,1,3-4,28-42H2,2,5-26H3/t43-,46+,47?,50+,51+,52-,53+,54?,55+,56?,57?,58+,59+,60+,61?/m1/s1. The van der Waals surface area contributed by atoms with Crippen LogP contribution in [0.1, 0.15) is 174 Å². The first kappa shape index (κ1) is 73.5. The number of ketones is 2. The molecule has 0 aromatic rings. The van der Waals surface area contributed by atoms with Gasteiger partial charge in [-0.1, -0.05) is 110 Å². The van der Waals surface area contributed by atoms with Crippen molar-refractivity contribution >= 4 is 44.8 Å². The Labute approximate surface area is 504 Å². The molecular weight excluding hydrogens is 1100 g/mol. The zero-order valence-corrected chi connectivity index (χ0v) is 60.3. The topological polar surface area (TPSA) is 147 Å². The molecule has 0 aliphatic carbocycles. The molecule has 17 heteroatoms. The van der Waals surface area contributed by atoms with Crippen molar-refractivity contribution in [3.8, 4) is 0 Å². The van der Waals surface area contributed by atoms with Crippen molar-refractivity contribution in [2.45, 2.75) is 326 Å². The van der Waals surface area contributed by atoms with Gasteiger partial charge in [-0.05, 0) is 154 Å². The van der Waals surface area contributed by atoms with E-state index in [2.05, 4.69) is 169 Å². The third-order valence-corrected chi connectivity index (χ3v) is 38.7. The summed E-state index contributed by atoms with van der Waals surface area (Å²) >= 11 is 0. The SMILES string of the molecule is C=CC(=O)CC[C@H]1CC(=C)C(CC[C@H]2C[C@@H](C)C(=C)C(CC(OCC[C@@H](CO[Si](C)(C)C(C)(C)C)O[Si](C)(C)C(C)(C)C)C(COC)CC(=O)C[C@H]3CC[C@@H]4O[C@@H]([C@H](C)O[Si](C)(C)C(C)(C)C)C(O[Si](C)(C)C(C)(C)C)[C@@H](O)[C@H]4O3)O2)O1. The molecule has 0 amide bonds. The molecule has 0 radical (unpaired) electrons. The number of allylic oxidation sites excluding steroid dienone is 1. The number of aliphatic hydroxyl groups is 1. The third-order valence-electron chi connectivity index (χ3n) is 20.6. The lowest BCUT2D eigenvalue weighted by Crippen LogP contribution is -2.66. The summed E-state index contributed by atoms with van der Waals surface area (Å²) in [5, 5.41) is 12.4. The first-order chi connectivity index (χ1) is 37.4. The molecule has 0 aromatic carbocycles. The molecule has 4 aliphatic rings. The summed E-state index contributed by atoms with van der Waals surface area (Å²) in [6, 6.07) is 0. The van der Waals surface area contributed by atoms with E-state index in [1.807, 2.05) is 0 Å². The van der Waals surface area contributed by atoms with Crippen LogP contribution in [0.4, 0.5) is 0 Å². The number of carbonyl (C=O) groups excluding carboxylic acids is 2. The molecular formula is C65H122O13Si4. The Morgan fingerprint density at radius 3 is 1.89 bits per heavy atom. The van der Waals surface area contributed by atoms with E-state index in [0.29, 0.717) is 58.3 Å². The first-order valence-corrected chi connectivity index (χ1v) is 43.2. The summed E-state index contributed by atoms with van der Waals surface area (Å²) < 4.78 is 68.5. The Bertz CT molecular complexity index is 2080. The summed E-state index contributed by atoms with van der Waals surface area (Å²) in [7, 11) is -7.27. The number of ether oxygens (including phenoxy) is 6. The van der Waals surface area contributed by atoms with Gasteiger partial charge >= 0.3 is 0 Å². The second kappa shape index (κ2) is 29.5. The van der Waals surface area contributed by atoms with Gasteiger partial charge in [0.1, 0.15) is 30.2 Å². The fourth-order valence-corrected chi connectivity index (χ4v) is 16.0. The molecule has 4 fully saturated rings. The average molecular weight is 1220 g/mol. The second-order valence-electron chi connectivity index (χ2n) is 31.4. The van der Waals surface area contributed by atoms with Crippen molar-refractivity contribution in [3.63, 3.8) is 0 Å². The Hall–Kier alpha value is -1.01. The van der Waals surface area contributed by atoms with Crippen LogP contribution in [0.25, 0.3) is 0 Å². The highest BCUT2D eigenvalue weighted by atomic mass is 28.4. The molecule has 82 heavy (non-hydrogen) atoms. The van der Waals surface area contributed by atoms with Crippen LogP contribution in [-0.4, -0.2) is 156 Å². The van der Waals surface area contributed by atoms with Crippen molar-refractivity contribution in [2.75, 3.05) is 26.9 Å². The fourth-order valence-electron chi connectivity index (χ4n) is 10.9. The zero-order valence-electron chi connectivity index (χ0n) is 56.3. The molecule has 4 rings (SSSR count). The molecule has 4 heterocycles. The van der Waals surface area contributed by atoms with E-state index in [-0.39, 0.29) is 99.1 Å². The maximum atomic E-state index is 14.7. The van der Waals surface area contributed by atoms with Crippen LogP contribution in [0.15, 0.2) is 37.0 Å². The predicted molar refractivity (Wildman–Crippen MR) is 344 cm³/mol. The molecule has 5 unspecified atom stereocenters. The molecule has 15 atom stereocenters. The van der Waals surface area contributed by atoms with E-state index >= 15 is 0 Å². The van der Waals surface area contributed by atoms with E-state index in [4.69, 9.17) is 46.1 Å². The first-order valence-electron chi connectivity index (χ1n) is 31.5. The second-order valence-corrected chi connectivity index (χ2v) is 50.5. The number of aliphatic hydroxyl groups excluding tert-OH is 1. The molecule has 4 aliphatic heterocycles. The molecule has 4 saturated heterocycles. The third kappa shape index (κ3) is 20.3. The van der Waals surface area contributed by atoms with E-state index in [0.717, 1.165) is 36.8 Å². The van der Waals surface area contributed by atoms with Crippen molar-refractivity contribution in [1.82, 2.24) is 0 Å². The van der Waals surface area contributed by atoms with Crippen molar-refractivity contribution < 1.29 is 60.8 Å². The van der Waals surface area contributed by atoms with Gasteiger partial charge in [-0.25, -0.2) is 0 Å². The smallest absolute Gasteiger partial charge is 0.192 e. The van der Waals surface area contributed by atoms with Crippen LogP contribution < -0.4 is 0 Å². The minimum Gasteiger partial charge on any atom is -0.414 e. The summed E-state index contributed by atoms with van der Waals surface area (Å²) in [5.74, 6) is -0.0238. The maximum absolute atomic E-state index is 14.7. The number of rotatable bonds is 30. The lowest BCUT2D eigenvalue weighted by Gasteiger charge is -2.53. The highest BCUT2D eigenvalue weighted by Crippen LogP contribution is 2.46. The quantitative estimate of drug-likeness (QED) is 0.0414. The van der Waals surface area contributed by atoms with E-state index in [1.54, 1.807) is 7.11 Å². The minimum absolute atomic E-state index is 0.00200. The van der Waals surface area contributed by atoms with Crippen molar-refractivity contribution in [3.05, 3.63) is 37.0 Å². The molecule has 0 bridgehead atoms. The summed E-state index contributed by atoms with van der Waals surface area (Å²) in [6.07, 6.45) is 3.43. The van der Waals surface area contributed by atoms with Crippen LogP contribution in [0.3, 0.4) is 0 Å². The van der Waals surface area contributed by atoms with Gasteiger partial charge in [0, 0.05) is 45.3 Å². The fraction of sp³-hybridized carbons (Fsp3) is 0.877. The highest BCUT2D eigenvalue weighted by molar-refractivity contribution is 6.75. The zero-order chi connectivity index (χ0) is 62.4. The molecule has 13 nitrogen and oxygen atoms in total. The number of Topliss-reactive ketones (excluding diaryl/α,β-unsaturated/α-hetero) is 1. The summed E-state index contributed by atoms with van der Waals surface area (Å²) in [5.41, 5.74) is 2.10. The van der Waals surface area contributed by atoms with Gasteiger partial charge in [-0.2, -0.15) is 0 Å². The van der Waals surface area contributed by atoms with Gasteiger partial charge in [0.25, 0.3) is 0 Å². The lowest BCUT2D eigenvalue weighted by molar-refractivity contribution is -0.271. The van der Waals surface area contributed by atoms with Gasteiger partial charge in [0.15, 0.2) is 39.1 Å². The van der Waals surface area contributed by atoms with Crippen molar-refractivity contribution in [1.29, 1.82) is 0 Å². The van der Waals surface area contributed by atoms with Gasteiger partial charge in [-0.3, -0.25) is 9.59 Å². The van der Waals surface area contributed by atoms with Crippen LogP contribution >= 0.6 is 0 Å². The van der Waals surface area contributed by atoms with E-state index in [1.165, 1.54) is 6.08 Å².